The van der Waals surface area contributed by atoms with Crippen molar-refractivity contribution in [1.29, 1.82) is 0 Å². The third kappa shape index (κ3) is 20.1. The zero-order valence-corrected chi connectivity index (χ0v) is 22.5. The number of hydrogen-bond acceptors (Lipinski definition) is 8. The van der Waals surface area contributed by atoms with Gasteiger partial charge in [-0.2, -0.15) is 0 Å². The Kier molecular flexibility index (Phi) is 15.7. The molecule has 0 spiro atoms. The fourth-order valence-corrected chi connectivity index (χ4v) is 4.55. The third-order valence-electron chi connectivity index (χ3n) is 5.55. The van der Waals surface area contributed by atoms with E-state index in [2.05, 4.69) is 33.0 Å². The van der Waals surface area contributed by atoms with Gasteiger partial charge in [-0.3, -0.25) is 28.9 Å². The van der Waals surface area contributed by atoms with Crippen molar-refractivity contribution >= 4 is 29.8 Å². The number of esters is 1. The monoisotopic (exact) mass is 532 g/mol. The van der Waals surface area contributed by atoms with Gasteiger partial charge in [0.05, 0.1) is 19.6 Å². The molecule has 0 amide bonds. The third-order valence-corrected chi connectivity index (χ3v) is 5.55. The maximum Gasteiger partial charge on any atom is 0.317 e. The van der Waals surface area contributed by atoms with Crippen molar-refractivity contribution in [2.45, 2.75) is 109 Å². The van der Waals surface area contributed by atoms with E-state index in [4.69, 9.17) is 25.2 Å². The van der Waals surface area contributed by atoms with Crippen LogP contribution in [0.5, 0.6) is 0 Å². The molecule has 0 aromatic heterocycles. The van der Waals surface area contributed by atoms with Crippen LogP contribution >= 0.6 is 0 Å². The van der Waals surface area contributed by atoms with E-state index in [1.807, 2.05) is 0 Å². The van der Waals surface area contributed by atoms with Crippen LogP contribution in [0, 0.1) is 0 Å². The van der Waals surface area contributed by atoms with Crippen LogP contribution in [0.25, 0.3) is 0 Å². The van der Waals surface area contributed by atoms with Crippen LogP contribution in [-0.2, 0) is 28.7 Å². The van der Waals surface area contributed by atoms with Crippen LogP contribution in [-0.4, -0.2) is 92.0 Å². The van der Waals surface area contributed by atoms with Crippen LogP contribution in [0.2, 0.25) is 0 Å². The molecular weight excluding hydrogens is 488 g/mol. The summed E-state index contributed by atoms with van der Waals surface area (Å²) in [5.74, 6) is -4.59. The summed E-state index contributed by atoms with van der Waals surface area (Å²) in [6.07, 6.45) is 8.11. The van der Waals surface area contributed by atoms with Crippen LogP contribution in [0.4, 0.5) is 0 Å². The molecule has 0 aliphatic carbocycles. The molecule has 1 aliphatic heterocycles. The number of nitrogens with one attached hydrogen (secondary N) is 1. The number of carbonyl (C=O) groups is 5. The normalized spacial score (nSPS) is 16.4. The number of carbonyl (C=O) groups excluding carboxylic acids is 1. The van der Waals surface area contributed by atoms with Crippen molar-refractivity contribution in [3.05, 3.63) is 0 Å². The van der Waals surface area contributed by atoms with Crippen molar-refractivity contribution in [2.75, 3.05) is 19.6 Å². The fourth-order valence-electron chi connectivity index (χ4n) is 4.55. The first-order valence-electron chi connectivity index (χ1n) is 12.6. The van der Waals surface area contributed by atoms with Gasteiger partial charge in [0, 0.05) is 36.8 Å². The van der Waals surface area contributed by atoms with Crippen LogP contribution in [0.1, 0.15) is 91.9 Å². The highest BCUT2D eigenvalue weighted by Gasteiger charge is 2.39. The maximum atomic E-state index is 12.0. The van der Waals surface area contributed by atoms with E-state index in [0.29, 0.717) is 6.42 Å². The predicted molar refractivity (Wildman–Crippen MR) is 134 cm³/mol. The second-order valence-electron chi connectivity index (χ2n) is 10.8. The number of carboxylic acid groups (broad SMARTS) is 4. The lowest BCUT2D eigenvalue weighted by molar-refractivity contribution is -0.153. The van der Waals surface area contributed by atoms with Crippen LogP contribution in [0.3, 0.4) is 0 Å². The highest BCUT2D eigenvalue weighted by atomic mass is 16.5. The SMILES string of the molecule is CC1(C)CC(OC(=O)CCCCCCCCC(=O)O)CC(C)(C)N1.O=C(O)CN(CC(=O)O)CC(=O)O. The molecule has 1 heterocycles. The first-order chi connectivity index (χ1) is 17.0. The molecule has 1 aliphatic rings. The summed E-state index contributed by atoms with van der Waals surface area (Å²) in [5, 5.41) is 37.0. The van der Waals surface area contributed by atoms with Gasteiger partial charge in [-0.1, -0.05) is 25.7 Å². The molecule has 1 saturated heterocycles. The van der Waals surface area contributed by atoms with Gasteiger partial charge >= 0.3 is 29.8 Å². The van der Waals surface area contributed by atoms with Gasteiger partial charge in [0.15, 0.2) is 0 Å². The van der Waals surface area contributed by atoms with E-state index in [9.17, 15) is 24.0 Å². The molecule has 1 fully saturated rings. The Hall–Kier alpha value is -2.73. The molecule has 0 atom stereocenters. The van der Waals surface area contributed by atoms with Crippen LogP contribution < -0.4 is 5.32 Å². The van der Waals surface area contributed by atoms with Gasteiger partial charge in [0.1, 0.15) is 6.10 Å². The summed E-state index contributed by atoms with van der Waals surface area (Å²) in [4.78, 5) is 53.7. The summed E-state index contributed by atoms with van der Waals surface area (Å²) in [6, 6.07) is 0. The van der Waals surface area contributed by atoms with E-state index in [1.165, 1.54) is 0 Å². The van der Waals surface area contributed by atoms with Crippen molar-refractivity contribution < 1.29 is 49.1 Å². The Morgan fingerprint density at radius 2 is 1.05 bits per heavy atom. The highest BCUT2D eigenvalue weighted by Crippen LogP contribution is 2.30. The summed E-state index contributed by atoms with van der Waals surface area (Å²) >= 11 is 0. The largest absolute Gasteiger partial charge is 0.481 e. The molecule has 5 N–H and O–H groups in total. The summed E-state index contributed by atoms with van der Waals surface area (Å²) in [7, 11) is 0. The molecular formula is C25H44N2O10. The second-order valence-corrected chi connectivity index (χ2v) is 10.8. The number of unbranched alkanes of at least 4 members (excludes halogenated alkanes) is 5. The Bertz CT molecular complexity index is 713. The first-order valence-corrected chi connectivity index (χ1v) is 12.6. The predicted octanol–water partition coefficient (Wildman–Crippen LogP) is 2.59. The van der Waals surface area contributed by atoms with Gasteiger partial charge in [0.25, 0.3) is 0 Å². The lowest BCUT2D eigenvalue weighted by Gasteiger charge is -2.45. The number of nitrogens with zero attached hydrogens (tertiary/aromatic N) is 1. The van der Waals surface area contributed by atoms with Gasteiger partial charge in [-0.05, 0) is 40.5 Å². The Labute approximate surface area is 218 Å². The second kappa shape index (κ2) is 16.9. The van der Waals surface area contributed by atoms with Crippen molar-refractivity contribution in [1.82, 2.24) is 10.2 Å². The van der Waals surface area contributed by atoms with Gasteiger partial charge in [-0.15, -0.1) is 0 Å². The number of aliphatic carboxylic acids is 4. The maximum absolute atomic E-state index is 12.0. The smallest absolute Gasteiger partial charge is 0.317 e. The summed E-state index contributed by atoms with van der Waals surface area (Å²) in [5.41, 5.74) is -0.0225. The molecule has 1 rings (SSSR count). The number of ether oxygens (including phenoxy) is 1. The van der Waals surface area contributed by atoms with Crippen LogP contribution in [0.15, 0.2) is 0 Å². The quantitative estimate of drug-likeness (QED) is 0.144. The molecule has 0 saturated carbocycles. The van der Waals surface area contributed by atoms with E-state index >= 15 is 0 Å². The van der Waals surface area contributed by atoms with Gasteiger partial charge < -0.3 is 30.5 Å². The zero-order valence-electron chi connectivity index (χ0n) is 22.5. The van der Waals surface area contributed by atoms with Crippen molar-refractivity contribution in [3.63, 3.8) is 0 Å². The minimum atomic E-state index is -1.26. The number of hydrogen-bond donors (Lipinski definition) is 5. The zero-order chi connectivity index (χ0) is 28.6. The Balaban J connectivity index is 0.000000845. The minimum absolute atomic E-state index is 0.000214. The number of rotatable bonds is 16. The lowest BCUT2D eigenvalue weighted by Crippen LogP contribution is -2.59. The lowest BCUT2D eigenvalue weighted by atomic mass is 9.81. The Morgan fingerprint density at radius 3 is 1.43 bits per heavy atom. The molecule has 0 aromatic carbocycles. The molecule has 0 aromatic rings. The topological polar surface area (TPSA) is 191 Å². The van der Waals surface area contributed by atoms with E-state index in [0.717, 1.165) is 56.3 Å². The van der Waals surface area contributed by atoms with E-state index in [1.54, 1.807) is 0 Å². The summed E-state index contributed by atoms with van der Waals surface area (Å²) in [6.45, 7) is 6.81. The summed E-state index contributed by atoms with van der Waals surface area (Å²) < 4.78 is 5.69. The van der Waals surface area contributed by atoms with Crippen molar-refractivity contribution in [2.24, 2.45) is 0 Å². The molecule has 0 bridgehead atoms. The van der Waals surface area contributed by atoms with E-state index in [-0.39, 0.29) is 29.6 Å². The molecule has 12 nitrogen and oxygen atoms in total. The molecule has 0 unspecified atom stereocenters. The first kappa shape index (κ1) is 34.3. The standard InChI is InChI=1S/C19H35NO4.C6H9NO6/c1-18(2)13-15(14-19(3,4)20-18)24-17(23)12-10-8-6-5-7-9-11-16(21)22;8-4(9)1-7(2-5(10)11)3-6(12)13/h15,20H,5-14H2,1-4H3,(H,21,22);1-3H2,(H,8,9)(H,10,11)(H,12,13). The minimum Gasteiger partial charge on any atom is -0.481 e. The molecule has 0 radical (unpaired) electrons. The fraction of sp³-hybridized carbons (Fsp3) is 0.800. The van der Waals surface area contributed by atoms with Crippen molar-refractivity contribution in [3.8, 4) is 0 Å². The molecule has 214 valence electrons. The van der Waals surface area contributed by atoms with Gasteiger partial charge in [-0.25, -0.2) is 0 Å². The Morgan fingerprint density at radius 1 is 0.676 bits per heavy atom. The molecule has 12 heteroatoms. The average Bonchev–Trinajstić information content (AvgIpc) is 2.66. The number of carboxylic acids is 4. The number of piperidine rings is 1. The average molecular weight is 533 g/mol. The van der Waals surface area contributed by atoms with Gasteiger partial charge in [0.2, 0.25) is 0 Å². The highest BCUT2D eigenvalue weighted by molar-refractivity contribution is 5.75. The molecule has 37 heavy (non-hydrogen) atoms. The van der Waals surface area contributed by atoms with E-state index < -0.39 is 43.5 Å².